The summed E-state index contributed by atoms with van der Waals surface area (Å²) in [6, 6.07) is 12.1. The van der Waals surface area contributed by atoms with Gasteiger partial charge in [0.25, 0.3) is 5.91 Å². The van der Waals surface area contributed by atoms with E-state index in [2.05, 4.69) is 15.0 Å². The maximum absolute atomic E-state index is 15.5. The van der Waals surface area contributed by atoms with Gasteiger partial charge in [-0.15, -0.1) is 0 Å². The summed E-state index contributed by atoms with van der Waals surface area (Å²) in [5.74, 6) is -1.80. The summed E-state index contributed by atoms with van der Waals surface area (Å²) in [6.45, 7) is 5.71. The van der Waals surface area contributed by atoms with Crippen molar-refractivity contribution >= 4 is 17.3 Å². The van der Waals surface area contributed by atoms with Crippen LogP contribution >= 0.6 is 0 Å². The quantitative estimate of drug-likeness (QED) is 0.361. The van der Waals surface area contributed by atoms with Crippen LogP contribution in [0.2, 0.25) is 0 Å². The molecule has 2 aromatic carbocycles. The number of aliphatic imine (C=N–C) groups is 1. The SMILES string of the molecule is CCCC(CC(N)CC)=NC(=O)c1cc(-c2ccc(C#N)c(F)c2)n(-c2ccc(N3CCCC3)cc2F)n1. The van der Waals surface area contributed by atoms with Crippen molar-refractivity contribution in [1.29, 1.82) is 5.26 Å². The van der Waals surface area contributed by atoms with Crippen LogP contribution in [0, 0.1) is 23.0 Å². The van der Waals surface area contributed by atoms with Gasteiger partial charge in [-0.3, -0.25) is 4.79 Å². The number of aromatic nitrogens is 2. The first-order valence-electron chi connectivity index (χ1n) is 13.1. The zero-order chi connectivity index (χ0) is 27.2. The van der Waals surface area contributed by atoms with Crippen molar-refractivity contribution in [2.24, 2.45) is 10.7 Å². The fourth-order valence-corrected chi connectivity index (χ4v) is 4.62. The van der Waals surface area contributed by atoms with Gasteiger partial charge in [0.15, 0.2) is 11.5 Å². The monoisotopic (exact) mass is 518 g/mol. The average molecular weight is 519 g/mol. The molecule has 3 aromatic rings. The largest absolute Gasteiger partial charge is 0.371 e. The van der Waals surface area contributed by atoms with E-state index in [9.17, 15) is 9.18 Å². The Morgan fingerprint density at radius 3 is 2.53 bits per heavy atom. The van der Waals surface area contributed by atoms with Crippen molar-refractivity contribution < 1.29 is 13.6 Å². The zero-order valence-corrected chi connectivity index (χ0v) is 21.8. The van der Waals surface area contributed by atoms with Crippen LogP contribution in [-0.4, -0.2) is 40.5 Å². The van der Waals surface area contributed by atoms with E-state index >= 15 is 4.39 Å². The van der Waals surface area contributed by atoms with Crippen LogP contribution in [0.25, 0.3) is 16.9 Å². The first-order chi connectivity index (χ1) is 18.3. The molecule has 0 aliphatic carbocycles. The molecular weight excluding hydrogens is 486 g/mol. The van der Waals surface area contributed by atoms with Gasteiger partial charge >= 0.3 is 0 Å². The molecule has 0 bridgehead atoms. The van der Waals surface area contributed by atoms with Gasteiger partial charge in [-0.1, -0.05) is 26.3 Å². The van der Waals surface area contributed by atoms with Crippen molar-refractivity contribution in [1.82, 2.24) is 9.78 Å². The third-order valence-electron chi connectivity index (χ3n) is 6.76. The topological polar surface area (TPSA) is 100 Å². The highest BCUT2D eigenvalue weighted by molar-refractivity contribution is 6.03. The lowest BCUT2D eigenvalue weighted by Crippen LogP contribution is -2.23. The minimum atomic E-state index is -0.715. The number of amides is 1. The van der Waals surface area contributed by atoms with Gasteiger partial charge in [-0.2, -0.15) is 10.4 Å². The van der Waals surface area contributed by atoms with Crippen molar-refractivity contribution in [3.05, 3.63) is 65.4 Å². The molecule has 0 spiro atoms. The minimum Gasteiger partial charge on any atom is -0.371 e. The van der Waals surface area contributed by atoms with E-state index in [1.807, 2.05) is 19.9 Å². The standard InChI is InChI=1S/C29H32F2N6O/c1-3-7-22(15-21(33)4-2)34-29(38)26-17-28(19-8-9-20(18-32)24(30)14-19)37(35-26)27-11-10-23(16-25(27)31)36-12-5-6-13-36/h8-11,14,16-17,21H,3-7,12-13,15,33H2,1-2H3. The lowest BCUT2D eigenvalue weighted by atomic mass is 10.0. The maximum atomic E-state index is 15.5. The third kappa shape index (κ3) is 5.97. The Morgan fingerprint density at radius 2 is 1.89 bits per heavy atom. The van der Waals surface area contributed by atoms with Gasteiger partial charge in [0, 0.05) is 42.5 Å². The molecular formula is C29H32F2N6O. The Balaban J connectivity index is 1.79. The number of nitrogens with two attached hydrogens (primary N) is 1. The molecule has 1 saturated heterocycles. The van der Waals surface area contributed by atoms with Gasteiger partial charge < -0.3 is 10.6 Å². The maximum Gasteiger partial charge on any atom is 0.297 e. The number of carbonyl (C=O) groups is 1. The fourth-order valence-electron chi connectivity index (χ4n) is 4.62. The Labute approximate surface area is 221 Å². The fraction of sp³-hybridized carbons (Fsp3) is 0.379. The van der Waals surface area contributed by atoms with Gasteiger partial charge in [0.2, 0.25) is 0 Å². The van der Waals surface area contributed by atoms with Gasteiger partial charge in [0.05, 0.1) is 11.3 Å². The van der Waals surface area contributed by atoms with Crippen LogP contribution in [0.15, 0.2) is 47.5 Å². The summed E-state index contributed by atoms with van der Waals surface area (Å²) in [6.07, 6.45) is 4.81. The van der Waals surface area contributed by atoms with Gasteiger partial charge in [-0.25, -0.2) is 18.5 Å². The molecule has 4 rings (SSSR count). The van der Waals surface area contributed by atoms with Gasteiger partial charge in [0.1, 0.15) is 17.6 Å². The van der Waals surface area contributed by atoms with Crippen molar-refractivity contribution in [2.45, 2.75) is 58.4 Å². The molecule has 1 atom stereocenters. The molecule has 1 aliphatic rings. The van der Waals surface area contributed by atoms with Crippen molar-refractivity contribution in [3.63, 3.8) is 0 Å². The second-order valence-corrected chi connectivity index (χ2v) is 9.57. The number of nitrogens with zero attached hydrogens (tertiary/aromatic N) is 5. The molecule has 38 heavy (non-hydrogen) atoms. The van der Waals surface area contributed by atoms with Crippen LogP contribution in [-0.2, 0) is 0 Å². The molecule has 0 radical (unpaired) electrons. The van der Waals surface area contributed by atoms with Crippen LogP contribution in [0.1, 0.15) is 68.4 Å². The van der Waals surface area contributed by atoms with E-state index in [1.54, 1.807) is 18.2 Å². The number of halogens is 2. The number of nitriles is 1. The summed E-state index contributed by atoms with van der Waals surface area (Å²) in [5.41, 5.74) is 8.23. The minimum absolute atomic E-state index is 0.00598. The highest BCUT2D eigenvalue weighted by atomic mass is 19.1. The van der Waals surface area contributed by atoms with E-state index in [1.165, 1.54) is 28.9 Å². The second kappa shape index (κ2) is 12.1. The lowest BCUT2D eigenvalue weighted by molar-refractivity contribution is 0.0997. The summed E-state index contributed by atoms with van der Waals surface area (Å²) in [5, 5.41) is 13.5. The van der Waals surface area contributed by atoms with Crippen LogP contribution < -0.4 is 10.6 Å². The Kier molecular flexibility index (Phi) is 8.64. The number of carbonyl (C=O) groups excluding carboxylic acids is 1. The second-order valence-electron chi connectivity index (χ2n) is 9.57. The molecule has 9 heteroatoms. The van der Waals surface area contributed by atoms with Crippen molar-refractivity contribution in [3.8, 4) is 23.0 Å². The average Bonchev–Trinajstić information content (AvgIpc) is 3.59. The molecule has 1 unspecified atom stereocenters. The molecule has 2 N–H and O–H groups in total. The lowest BCUT2D eigenvalue weighted by Gasteiger charge is -2.18. The van der Waals surface area contributed by atoms with Crippen molar-refractivity contribution in [2.75, 3.05) is 18.0 Å². The van der Waals surface area contributed by atoms with Crippen LogP contribution in [0.3, 0.4) is 0 Å². The zero-order valence-electron chi connectivity index (χ0n) is 21.8. The molecule has 2 heterocycles. The normalized spacial score (nSPS) is 14.5. The predicted octanol–water partition coefficient (Wildman–Crippen LogP) is 5.80. The number of rotatable bonds is 9. The van der Waals surface area contributed by atoms with E-state index in [0.717, 1.165) is 44.5 Å². The molecule has 1 aliphatic heterocycles. The molecule has 1 aromatic heterocycles. The molecule has 1 fully saturated rings. The molecule has 1 amide bonds. The summed E-state index contributed by atoms with van der Waals surface area (Å²) in [7, 11) is 0. The number of hydrogen-bond acceptors (Lipinski definition) is 5. The van der Waals surface area contributed by atoms with Crippen LogP contribution in [0.5, 0.6) is 0 Å². The smallest absolute Gasteiger partial charge is 0.297 e. The summed E-state index contributed by atoms with van der Waals surface area (Å²) >= 11 is 0. The summed E-state index contributed by atoms with van der Waals surface area (Å²) < 4.78 is 31.3. The highest BCUT2D eigenvalue weighted by Crippen LogP contribution is 2.30. The first-order valence-corrected chi connectivity index (χ1v) is 13.1. The van der Waals surface area contributed by atoms with Gasteiger partial charge in [-0.05, 0) is 62.1 Å². The Bertz CT molecular complexity index is 1380. The van der Waals surface area contributed by atoms with Crippen LogP contribution in [0.4, 0.5) is 14.5 Å². The number of hydrogen-bond donors (Lipinski definition) is 1. The number of anilines is 1. The molecule has 198 valence electrons. The predicted molar refractivity (Wildman–Crippen MR) is 145 cm³/mol. The van der Waals surface area contributed by atoms with E-state index in [-0.39, 0.29) is 23.0 Å². The first kappa shape index (κ1) is 27.1. The molecule has 7 nitrogen and oxygen atoms in total. The number of benzene rings is 2. The third-order valence-corrected chi connectivity index (χ3v) is 6.76. The Morgan fingerprint density at radius 1 is 1.13 bits per heavy atom. The van der Waals surface area contributed by atoms with E-state index in [4.69, 9.17) is 11.0 Å². The summed E-state index contributed by atoms with van der Waals surface area (Å²) in [4.78, 5) is 19.6. The highest BCUT2D eigenvalue weighted by Gasteiger charge is 2.21. The van der Waals surface area contributed by atoms with E-state index < -0.39 is 17.5 Å². The Hall–Kier alpha value is -3.90. The molecule has 0 saturated carbocycles. The van der Waals surface area contributed by atoms with E-state index in [0.29, 0.717) is 29.8 Å².